The van der Waals surface area contributed by atoms with Crippen molar-refractivity contribution in [2.45, 2.75) is 85.5 Å². The Hall–Kier alpha value is -5.22. The fraction of sp³-hybridized carbons (Fsp3) is 0.265. The third kappa shape index (κ3) is 6.12. The Morgan fingerprint density at radius 2 is 1.13 bits per heavy atom. The fourth-order valence-electron chi connectivity index (χ4n) is 6.64. The number of rotatable bonds is 4. The van der Waals surface area contributed by atoms with Crippen molar-refractivity contribution in [2.24, 2.45) is 0 Å². The molecular weight excluding hydrogens is 643 g/mol. The lowest BCUT2D eigenvalue weighted by molar-refractivity contribution is 0.486. The first kappa shape index (κ1) is 18.2. The molecule has 0 fully saturated rings. The zero-order valence-electron chi connectivity index (χ0n) is 52.4. The molecule has 0 aliphatic carbocycles. The van der Waals surface area contributed by atoms with Gasteiger partial charge < -0.3 is 14.5 Å². The summed E-state index contributed by atoms with van der Waals surface area (Å²) in [4.78, 5) is 1.65. The number of hydrogen-bond donors (Lipinski definition) is 0. The maximum Gasteiger partial charge on any atom is 0.256 e. The first-order chi connectivity index (χ1) is 33.9. The molecule has 266 valence electrons. The molecule has 0 aromatic heterocycles. The summed E-state index contributed by atoms with van der Waals surface area (Å²) in [6, 6.07) is -15.6. The zero-order chi connectivity index (χ0) is 55.7. The molecule has 0 spiro atoms. The Balaban J connectivity index is 1.75. The van der Waals surface area contributed by atoms with Crippen LogP contribution >= 0.6 is 0 Å². The molecular formula is C49H51BN2O. The predicted octanol–water partition coefficient (Wildman–Crippen LogP) is 11.8. The van der Waals surface area contributed by atoms with E-state index in [4.69, 9.17) is 13.0 Å². The summed E-state index contributed by atoms with van der Waals surface area (Å²) < 4.78 is 204. The van der Waals surface area contributed by atoms with Crippen LogP contribution in [0.4, 0.5) is 34.1 Å². The van der Waals surface area contributed by atoms with E-state index >= 15 is 0 Å². The molecule has 0 N–H and O–H groups in total. The van der Waals surface area contributed by atoms with Gasteiger partial charge in [-0.2, -0.15) is 0 Å². The molecule has 0 amide bonds. The molecule has 0 atom stereocenters. The molecule has 0 saturated carbocycles. The van der Waals surface area contributed by atoms with Gasteiger partial charge in [0.15, 0.2) is 0 Å². The smallest absolute Gasteiger partial charge is 0.256 e. The topological polar surface area (TPSA) is 15.7 Å². The Kier molecular flexibility index (Phi) is 4.27. The van der Waals surface area contributed by atoms with Crippen LogP contribution in [0.5, 0.6) is 11.5 Å². The first-order valence-electron chi connectivity index (χ1n) is 27.9. The Morgan fingerprint density at radius 1 is 0.547 bits per heavy atom. The van der Waals surface area contributed by atoms with Crippen LogP contribution < -0.4 is 30.9 Å². The minimum atomic E-state index is -1.59. The molecule has 6 aromatic rings. The minimum absolute atomic E-state index is 0.0463. The lowest BCUT2D eigenvalue weighted by atomic mass is 9.33. The van der Waals surface area contributed by atoms with Crippen LogP contribution in [0.3, 0.4) is 0 Å². The number of nitrogens with zero attached hydrogens (tertiary/aromatic N) is 2. The van der Waals surface area contributed by atoms with Crippen molar-refractivity contribution < 1.29 is 33.5 Å². The van der Waals surface area contributed by atoms with Crippen molar-refractivity contribution in [3.63, 3.8) is 0 Å². The first-order valence-corrected chi connectivity index (χ1v) is 17.4. The molecule has 8 rings (SSSR count). The number of anilines is 6. The SMILES string of the molecule is [2H]c1c([2H])c([2H])c(N(c2c([2H])c([2H])c([2H])c([2H])c2[2H])c2c([2H])c3c4c(c2[2H])N(c2c([2H])c([2H])c(C(C)(C)C)c(C)c2[2H])c2c([2H])c([2H])c(C(C)(C)C)c([2H])c2B4c2c([2H])c(C(C)(C)C)c([2H])c([2H])c2O3)c([2H])c1[2H]. The zero-order valence-corrected chi connectivity index (χ0v) is 31.4. The van der Waals surface area contributed by atoms with E-state index in [2.05, 4.69) is 0 Å². The highest BCUT2D eigenvalue weighted by Crippen LogP contribution is 2.47. The lowest BCUT2D eigenvalue weighted by Crippen LogP contribution is -2.60. The molecule has 6 aromatic carbocycles. The third-order valence-electron chi connectivity index (χ3n) is 9.22. The van der Waals surface area contributed by atoms with E-state index in [1.807, 2.05) is 0 Å². The quantitative estimate of drug-likeness (QED) is 0.169. The molecule has 0 unspecified atom stereocenters. The van der Waals surface area contributed by atoms with Crippen molar-refractivity contribution in [2.75, 3.05) is 9.80 Å². The molecule has 2 heterocycles. The van der Waals surface area contributed by atoms with Gasteiger partial charge in [0, 0.05) is 34.5 Å². The summed E-state index contributed by atoms with van der Waals surface area (Å²) >= 11 is 0. The molecule has 0 bridgehead atoms. The standard InChI is InChI=1S/C49H51BN2O/c1-32-27-37(23-24-39(32)49(8,9)10)52-42-25-21-33(47(2,3)4)28-40(42)50-41-29-34(48(5,6)7)22-26-44(41)53-45-31-38(30-43(52)46(45)50)51(35-17-13-11-14-18-35)36-19-15-12-16-20-36/h11-31H,1-10H3/i11D,12D,13D,14D,15D,16D,17D,18D,19D,20D,21D,22D,23D,24D,25D,26D,27D,28D,29D,30D,31D. The van der Waals surface area contributed by atoms with Gasteiger partial charge >= 0.3 is 0 Å². The van der Waals surface area contributed by atoms with Crippen molar-refractivity contribution >= 4 is 57.2 Å². The summed E-state index contributed by atoms with van der Waals surface area (Å²) in [5.41, 5.74) is -6.75. The third-order valence-corrected chi connectivity index (χ3v) is 9.22. The van der Waals surface area contributed by atoms with E-state index in [-0.39, 0.29) is 56.9 Å². The average Bonchev–Trinajstić information content (AvgIpc) is 3.29. The van der Waals surface area contributed by atoms with Crippen molar-refractivity contribution in [3.8, 4) is 11.5 Å². The molecule has 4 heteroatoms. The van der Waals surface area contributed by atoms with Crippen molar-refractivity contribution in [1.82, 2.24) is 0 Å². The normalized spacial score (nSPS) is 19.1. The fourth-order valence-corrected chi connectivity index (χ4v) is 6.64. The molecule has 53 heavy (non-hydrogen) atoms. The monoisotopic (exact) mass is 716 g/mol. The molecule has 0 saturated heterocycles. The Bertz CT molecular complexity index is 3380. The summed E-state index contributed by atoms with van der Waals surface area (Å²) in [6.07, 6.45) is 0. The van der Waals surface area contributed by atoms with Crippen molar-refractivity contribution in [3.05, 3.63) is 149 Å². The number of para-hydroxylation sites is 2. The van der Waals surface area contributed by atoms with E-state index in [0.717, 1.165) is 4.90 Å². The maximum absolute atomic E-state index is 10.5. The van der Waals surface area contributed by atoms with Crippen LogP contribution in [0.25, 0.3) is 0 Å². The van der Waals surface area contributed by atoms with E-state index in [0.29, 0.717) is 10.5 Å². The van der Waals surface area contributed by atoms with Gasteiger partial charge in [0.1, 0.15) is 11.5 Å². The van der Waals surface area contributed by atoms with Gasteiger partial charge in [-0.05, 0) is 116 Å². The molecule has 2 aliphatic rings. The lowest BCUT2D eigenvalue weighted by Gasteiger charge is -2.42. The van der Waals surface area contributed by atoms with Crippen molar-refractivity contribution in [1.29, 1.82) is 0 Å². The summed E-state index contributed by atoms with van der Waals surface area (Å²) in [6.45, 7) is 15.7. The highest BCUT2D eigenvalue weighted by atomic mass is 16.5. The number of benzene rings is 6. The van der Waals surface area contributed by atoms with Crippen LogP contribution in [-0.4, -0.2) is 6.71 Å². The highest BCUT2D eigenvalue weighted by Gasteiger charge is 2.43. The molecule has 0 radical (unpaired) electrons. The van der Waals surface area contributed by atoms with Gasteiger partial charge in [0.2, 0.25) is 0 Å². The Labute approximate surface area is 346 Å². The van der Waals surface area contributed by atoms with Crippen LogP contribution in [0, 0.1) is 6.92 Å². The summed E-state index contributed by atoms with van der Waals surface area (Å²) in [7, 11) is 0. The van der Waals surface area contributed by atoms with E-state index in [1.54, 1.807) is 69.2 Å². The van der Waals surface area contributed by atoms with Crippen LogP contribution in [-0.2, 0) is 16.2 Å². The van der Waals surface area contributed by atoms with Crippen LogP contribution in [0.15, 0.2) is 127 Å². The van der Waals surface area contributed by atoms with Gasteiger partial charge in [-0.25, -0.2) is 0 Å². The minimum Gasteiger partial charge on any atom is -0.458 e. The van der Waals surface area contributed by atoms with E-state index in [1.165, 1.54) is 0 Å². The summed E-state index contributed by atoms with van der Waals surface area (Å²) in [5, 5.41) is 0. The number of hydrogen-bond acceptors (Lipinski definition) is 3. The Morgan fingerprint density at radius 3 is 1.72 bits per heavy atom. The van der Waals surface area contributed by atoms with Gasteiger partial charge in [0.25, 0.3) is 6.71 Å². The van der Waals surface area contributed by atoms with Gasteiger partial charge in [-0.1, -0.05) is 129 Å². The number of ether oxygens (including phenoxy) is 1. The van der Waals surface area contributed by atoms with Gasteiger partial charge in [0.05, 0.1) is 34.5 Å². The second-order valence-electron chi connectivity index (χ2n) is 16.3. The van der Waals surface area contributed by atoms with Gasteiger partial charge in [-0.3, -0.25) is 0 Å². The van der Waals surface area contributed by atoms with E-state index in [9.17, 15) is 20.6 Å². The number of fused-ring (bicyclic) bond motifs is 4. The van der Waals surface area contributed by atoms with Crippen LogP contribution in [0.2, 0.25) is 0 Å². The highest BCUT2D eigenvalue weighted by molar-refractivity contribution is 6.99. The molecule has 2 aliphatic heterocycles. The largest absolute Gasteiger partial charge is 0.458 e. The second-order valence-corrected chi connectivity index (χ2v) is 16.3. The molecule has 3 nitrogen and oxygen atoms in total. The maximum atomic E-state index is 10.5. The summed E-state index contributed by atoms with van der Waals surface area (Å²) in [5.74, 6) is -1.07. The second kappa shape index (κ2) is 12.4. The predicted molar refractivity (Wildman–Crippen MR) is 228 cm³/mol. The van der Waals surface area contributed by atoms with Crippen LogP contribution in [0.1, 0.15) is 113 Å². The van der Waals surface area contributed by atoms with E-state index < -0.39 is 172 Å². The van der Waals surface area contributed by atoms with Gasteiger partial charge in [-0.15, -0.1) is 0 Å². The average molecular weight is 716 g/mol.